The lowest BCUT2D eigenvalue weighted by atomic mass is 9.97. The summed E-state index contributed by atoms with van der Waals surface area (Å²) in [5, 5.41) is 19.5. The lowest BCUT2D eigenvalue weighted by Gasteiger charge is -2.41. The van der Waals surface area contributed by atoms with Gasteiger partial charge in [-0.15, -0.1) is 0 Å². The van der Waals surface area contributed by atoms with Gasteiger partial charge in [-0.2, -0.15) is 4.31 Å². The molecular weight excluding hydrogens is 603 g/mol. The van der Waals surface area contributed by atoms with Crippen molar-refractivity contribution in [3.63, 3.8) is 0 Å². The van der Waals surface area contributed by atoms with Crippen molar-refractivity contribution in [3.05, 3.63) is 88.2 Å². The van der Waals surface area contributed by atoms with Crippen LogP contribution in [0.3, 0.4) is 0 Å². The van der Waals surface area contributed by atoms with Gasteiger partial charge in [-0.05, 0) is 36.1 Å². The molecule has 1 amide bonds. The Morgan fingerprint density at radius 2 is 1.56 bits per heavy atom. The predicted molar refractivity (Wildman–Crippen MR) is 139 cm³/mol. The van der Waals surface area contributed by atoms with Gasteiger partial charge < -0.3 is 19.8 Å². The number of phenols is 1. The molecule has 5 rings (SSSR count). The highest BCUT2D eigenvalue weighted by Gasteiger charge is 2.48. The number of nitrogens with zero attached hydrogens (tertiary/aromatic N) is 2. The van der Waals surface area contributed by atoms with Crippen LogP contribution in [0, 0.1) is 29.1 Å². The van der Waals surface area contributed by atoms with Crippen molar-refractivity contribution in [1.29, 1.82) is 0 Å². The van der Waals surface area contributed by atoms with Gasteiger partial charge in [0.05, 0.1) is 13.2 Å². The zero-order chi connectivity index (χ0) is 31.2. The second-order valence-corrected chi connectivity index (χ2v) is 11.9. The first-order valence-electron chi connectivity index (χ1n) is 12.9. The van der Waals surface area contributed by atoms with Gasteiger partial charge in [-0.1, -0.05) is 24.3 Å². The highest BCUT2D eigenvalue weighted by molar-refractivity contribution is 7.89. The molecule has 2 aliphatic rings. The number of sulfonamides is 1. The van der Waals surface area contributed by atoms with Gasteiger partial charge in [0.2, 0.25) is 21.7 Å². The predicted octanol–water partition coefficient (Wildman–Crippen LogP) is 4.29. The monoisotopic (exact) mass is 626 g/mol. The maximum absolute atomic E-state index is 14.4. The van der Waals surface area contributed by atoms with Crippen molar-refractivity contribution in [1.82, 2.24) is 4.31 Å². The van der Waals surface area contributed by atoms with E-state index in [-0.39, 0.29) is 24.6 Å². The van der Waals surface area contributed by atoms with Gasteiger partial charge in [0, 0.05) is 30.8 Å². The topological polar surface area (TPSA) is 124 Å². The fourth-order valence-corrected chi connectivity index (χ4v) is 6.79. The van der Waals surface area contributed by atoms with Crippen molar-refractivity contribution in [2.24, 2.45) is 0 Å². The van der Waals surface area contributed by atoms with Crippen LogP contribution < -0.4 is 4.90 Å². The van der Waals surface area contributed by atoms with Gasteiger partial charge in [-0.3, -0.25) is 4.79 Å². The van der Waals surface area contributed by atoms with E-state index in [1.807, 2.05) is 12.1 Å². The third-order valence-corrected chi connectivity index (χ3v) is 9.43. The number of carbonyl (C=O) groups excluding carboxylic acids is 1. The zero-order valence-corrected chi connectivity index (χ0v) is 22.9. The highest BCUT2D eigenvalue weighted by atomic mass is 32.2. The van der Waals surface area contributed by atoms with Crippen LogP contribution in [0.15, 0.2) is 47.4 Å². The molecule has 0 radical (unpaired) electrons. The van der Waals surface area contributed by atoms with Gasteiger partial charge in [0.1, 0.15) is 17.4 Å². The molecular formula is C28H23F5N2O7S. The number of aromatic carboxylic acids is 1. The van der Waals surface area contributed by atoms with Crippen LogP contribution in [0.1, 0.15) is 40.2 Å². The van der Waals surface area contributed by atoms with Crippen LogP contribution in [0.2, 0.25) is 0 Å². The zero-order valence-electron chi connectivity index (χ0n) is 22.1. The molecule has 2 aliphatic heterocycles. The molecule has 0 bridgehead atoms. The number of hydrogen-bond acceptors (Lipinski definition) is 6. The summed E-state index contributed by atoms with van der Waals surface area (Å²) in [5.41, 5.74) is 1.02. The van der Waals surface area contributed by atoms with Crippen molar-refractivity contribution < 1.29 is 54.9 Å². The highest BCUT2D eigenvalue weighted by Crippen LogP contribution is 2.36. The number of halogens is 5. The van der Waals surface area contributed by atoms with Gasteiger partial charge in [-0.25, -0.2) is 35.2 Å². The number of amides is 1. The van der Waals surface area contributed by atoms with E-state index in [4.69, 9.17) is 4.74 Å². The average Bonchev–Trinajstić information content (AvgIpc) is 3.48. The van der Waals surface area contributed by atoms with Crippen LogP contribution in [-0.4, -0.2) is 60.6 Å². The Hall–Kier alpha value is -4.08. The smallest absolute Gasteiger partial charge is 0.339 e. The quantitative estimate of drug-likeness (QED) is 0.217. The Labute approximate surface area is 241 Å². The second-order valence-electron chi connectivity index (χ2n) is 10.1. The van der Waals surface area contributed by atoms with E-state index < -0.39 is 79.8 Å². The molecule has 2 heterocycles. The number of carboxylic acid groups (broad SMARTS) is 1. The van der Waals surface area contributed by atoms with E-state index in [1.165, 1.54) is 6.07 Å². The molecule has 15 heteroatoms. The molecule has 2 fully saturated rings. The SMILES string of the molecule is O=C(O)c1ccc(N(Cc2ccc(C3CCOC3)cc2)C(=O)[C@H]2CCN2S(=O)(=O)c2c(F)c(F)c(F)c(F)c2F)cc1O. The standard InChI is InChI=1S/C28H23F5N2O7S/c29-21-22(30)24(32)26(25(33)23(21)31)43(40,41)35-9-7-19(35)27(37)34(17-5-6-18(28(38)39)20(36)11-17)12-14-1-3-15(4-2-14)16-8-10-42-13-16/h1-6,11,16,19,36H,7-10,12-13H2,(H,38,39)/t16?,19-/m1/s1. The number of anilines is 1. The molecule has 2 saturated heterocycles. The average molecular weight is 627 g/mol. The van der Waals surface area contributed by atoms with Crippen LogP contribution in [0.4, 0.5) is 27.6 Å². The lowest BCUT2D eigenvalue weighted by molar-refractivity contribution is -0.125. The summed E-state index contributed by atoms with van der Waals surface area (Å²) in [6.07, 6.45) is 0.665. The summed E-state index contributed by atoms with van der Waals surface area (Å²) < 4.78 is 102. The van der Waals surface area contributed by atoms with Crippen molar-refractivity contribution in [3.8, 4) is 5.75 Å². The van der Waals surface area contributed by atoms with E-state index in [1.54, 1.807) is 12.1 Å². The maximum Gasteiger partial charge on any atom is 0.339 e. The largest absolute Gasteiger partial charge is 0.507 e. The number of ether oxygens (including phenoxy) is 1. The van der Waals surface area contributed by atoms with Gasteiger partial charge in [0.25, 0.3) is 0 Å². The Balaban J connectivity index is 1.49. The Morgan fingerprint density at radius 3 is 2.07 bits per heavy atom. The molecule has 0 aliphatic carbocycles. The molecule has 3 aromatic carbocycles. The van der Waals surface area contributed by atoms with Crippen molar-refractivity contribution >= 4 is 27.6 Å². The molecule has 0 spiro atoms. The van der Waals surface area contributed by atoms with Crippen LogP contribution in [0.5, 0.6) is 5.75 Å². The molecule has 43 heavy (non-hydrogen) atoms. The Bertz CT molecular complexity index is 1680. The number of hydrogen-bond donors (Lipinski definition) is 2. The molecule has 0 saturated carbocycles. The van der Waals surface area contributed by atoms with Gasteiger partial charge in [0.15, 0.2) is 28.2 Å². The van der Waals surface area contributed by atoms with Crippen molar-refractivity contribution in [2.75, 3.05) is 24.7 Å². The van der Waals surface area contributed by atoms with E-state index in [0.29, 0.717) is 23.1 Å². The summed E-state index contributed by atoms with van der Waals surface area (Å²) in [4.78, 5) is 24.1. The minimum atomic E-state index is -5.40. The molecule has 0 aromatic heterocycles. The number of carbonyl (C=O) groups is 2. The molecule has 9 nitrogen and oxygen atoms in total. The third-order valence-electron chi connectivity index (χ3n) is 7.50. The first kappa shape index (κ1) is 30.4. The number of benzene rings is 3. The fourth-order valence-electron chi connectivity index (χ4n) is 5.05. The first-order valence-corrected chi connectivity index (χ1v) is 14.3. The minimum Gasteiger partial charge on any atom is -0.507 e. The van der Waals surface area contributed by atoms with E-state index in [9.17, 15) is 50.2 Å². The van der Waals surface area contributed by atoms with Gasteiger partial charge >= 0.3 is 5.97 Å². The number of rotatable bonds is 8. The first-order chi connectivity index (χ1) is 20.3. The maximum atomic E-state index is 14.4. The molecule has 2 N–H and O–H groups in total. The summed E-state index contributed by atoms with van der Waals surface area (Å²) in [6, 6.07) is 8.67. The molecule has 3 aromatic rings. The van der Waals surface area contributed by atoms with Crippen molar-refractivity contribution in [2.45, 2.75) is 36.2 Å². The second kappa shape index (κ2) is 11.5. The van der Waals surface area contributed by atoms with E-state index >= 15 is 0 Å². The number of carboxylic acids is 1. The summed E-state index contributed by atoms with van der Waals surface area (Å²) in [6.45, 7) is 0.497. The lowest BCUT2D eigenvalue weighted by Crippen LogP contribution is -2.59. The summed E-state index contributed by atoms with van der Waals surface area (Å²) >= 11 is 0. The Kier molecular flexibility index (Phi) is 8.15. The van der Waals surface area contributed by atoms with Crippen LogP contribution >= 0.6 is 0 Å². The normalized spacial score (nSPS) is 18.8. The van der Waals surface area contributed by atoms with Crippen LogP contribution in [-0.2, 0) is 26.1 Å². The summed E-state index contributed by atoms with van der Waals surface area (Å²) in [5.74, 6) is -15.5. The molecule has 228 valence electrons. The molecule has 2 atom stereocenters. The minimum absolute atomic E-state index is 0.0405. The van der Waals surface area contributed by atoms with E-state index in [2.05, 4.69) is 0 Å². The van der Waals surface area contributed by atoms with E-state index in [0.717, 1.165) is 29.0 Å². The Morgan fingerprint density at radius 1 is 0.930 bits per heavy atom. The fraction of sp³-hybridized carbons (Fsp3) is 0.286. The summed E-state index contributed by atoms with van der Waals surface area (Å²) in [7, 11) is -5.40. The third kappa shape index (κ3) is 5.43. The van der Waals surface area contributed by atoms with Crippen LogP contribution in [0.25, 0.3) is 0 Å². The molecule has 1 unspecified atom stereocenters. The number of aromatic hydroxyl groups is 1.